The molecular formula is C14H18BrN5O. The number of anilines is 4. The quantitative estimate of drug-likeness (QED) is 0.739. The smallest absolute Gasteiger partial charge is 0.223 e. The third kappa shape index (κ3) is 4.22. The third-order valence-electron chi connectivity index (χ3n) is 2.72. The fraction of sp³-hybridized carbons (Fsp3) is 0.286. The zero-order valence-corrected chi connectivity index (χ0v) is 13.6. The minimum Gasteiger partial charge on any atom is -0.495 e. The Labute approximate surface area is 132 Å². The zero-order chi connectivity index (χ0) is 15.2. The molecule has 0 amide bonds. The summed E-state index contributed by atoms with van der Waals surface area (Å²) in [5.41, 5.74) is 6.54. The van der Waals surface area contributed by atoms with E-state index in [1.807, 2.05) is 24.3 Å². The van der Waals surface area contributed by atoms with Gasteiger partial charge in [-0.15, -0.1) is 0 Å². The van der Waals surface area contributed by atoms with Gasteiger partial charge in [0, 0.05) is 17.1 Å². The van der Waals surface area contributed by atoms with Crippen molar-refractivity contribution in [3.63, 3.8) is 0 Å². The number of nitrogen functional groups attached to an aromatic ring is 1. The third-order valence-corrected chi connectivity index (χ3v) is 3.22. The van der Waals surface area contributed by atoms with E-state index in [0.29, 0.717) is 11.6 Å². The molecule has 2 rings (SSSR count). The number of hydrogen-bond acceptors (Lipinski definition) is 6. The van der Waals surface area contributed by atoms with Crippen LogP contribution >= 0.6 is 15.9 Å². The molecule has 0 spiro atoms. The molecule has 4 N–H and O–H groups in total. The molecule has 0 bridgehead atoms. The van der Waals surface area contributed by atoms with Gasteiger partial charge in [0.1, 0.15) is 17.4 Å². The maximum absolute atomic E-state index is 5.74. The van der Waals surface area contributed by atoms with Crippen LogP contribution in [0.25, 0.3) is 0 Å². The molecule has 0 unspecified atom stereocenters. The van der Waals surface area contributed by atoms with Crippen LogP contribution in [0.5, 0.6) is 5.75 Å². The summed E-state index contributed by atoms with van der Waals surface area (Å²) >= 11 is 3.44. The summed E-state index contributed by atoms with van der Waals surface area (Å²) in [6, 6.07) is 7.50. The normalized spacial score (nSPS) is 10.2. The molecule has 0 saturated heterocycles. The van der Waals surface area contributed by atoms with Crippen molar-refractivity contribution in [3.05, 3.63) is 28.7 Å². The molecule has 1 aromatic heterocycles. The van der Waals surface area contributed by atoms with Crippen LogP contribution in [0.3, 0.4) is 0 Å². The van der Waals surface area contributed by atoms with Crippen molar-refractivity contribution in [1.29, 1.82) is 0 Å². The molecule has 112 valence electrons. The molecule has 6 nitrogen and oxygen atoms in total. The highest BCUT2D eigenvalue weighted by molar-refractivity contribution is 9.10. The first-order valence-corrected chi connectivity index (χ1v) is 7.40. The molecule has 0 saturated carbocycles. The van der Waals surface area contributed by atoms with Gasteiger partial charge in [0.25, 0.3) is 0 Å². The van der Waals surface area contributed by atoms with Crippen LogP contribution in [0.1, 0.15) is 13.3 Å². The van der Waals surface area contributed by atoms with Crippen LogP contribution in [0.15, 0.2) is 28.7 Å². The number of halogens is 1. The number of nitrogens with zero attached hydrogens (tertiary/aromatic N) is 2. The van der Waals surface area contributed by atoms with E-state index in [9.17, 15) is 0 Å². The van der Waals surface area contributed by atoms with Gasteiger partial charge in [-0.25, -0.2) is 0 Å². The van der Waals surface area contributed by atoms with E-state index in [0.717, 1.165) is 28.9 Å². The Morgan fingerprint density at radius 2 is 2.00 bits per heavy atom. The van der Waals surface area contributed by atoms with Crippen molar-refractivity contribution in [2.24, 2.45) is 0 Å². The van der Waals surface area contributed by atoms with Crippen molar-refractivity contribution < 1.29 is 4.74 Å². The molecule has 0 fully saturated rings. The largest absolute Gasteiger partial charge is 0.495 e. The first-order chi connectivity index (χ1) is 10.1. The Kier molecular flexibility index (Phi) is 5.21. The number of hydrogen-bond donors (Lipinski definition) is 3. The second-order valence-electron chi connectivity index (χ2n) is 4.39. The summed E-state index contributed by atoms with van der Waals surface area (Å²) < 4.78 is 6.27. The van der Waals surface area contributed by atoms with Crippen molar-refractivity contribution in [2.75, 3.05) is 30.0 Å². The highest BCUT2D eigenvalue weighted by Gasteiger charge is 2.07. The number of ether oxygens (including phenoxy) is 1. The molecule has 0 aliphatic rings. The Morgan fingerprint density at radius 3 is 2.71 bits per heavy atom. The number of benzene rings is 1. The average Bonchev–Trinajstić information content (AvgIpc) is 2.45. The van der Waals surface area contributed by atoms with Gasteiger partial charge in [-0.3, -0.25) is 0 Å². The number of aromatic nitrogens is 2. The van der Waals surface area contributed by atoms with E-state index in [1.54, 1.807) is 7.11 Å². The van der Waals surface area contributed by atoms with Crippen LogP contribution in [-0.4, -0.2) is 23.6 Å². The molecule has 0 radical (unpaired) electrons. The molecule has 0 atom stereocenters. The lowest BCUT2D eigenvalue weighted by molar-refractivity contribution is 0.416. The lowest BCUT2D eigenvalue weighted by atomic mass is 10.3. The fourth-order valence-electron chi connectivity index (χ4n) is 1.79. The highest BCUT2D eigenvalue weighted by Crippen LogP contribution is 2.30. The highest BCUT2D eigenvalue weighted by atomic mass is 79.9. The molecule has 2 aromatic rings. The number of nitrogens with two attached hydrogens (primary N) is 1. The Morgan fingerprint density at radius 1 is 1.24 bits per heavy atom. The molecular weight excluding hydrogens is 334 g/mol. The summed E-state index contributed by atoms with van der Waals surface area (Å²) in [6.45, 7) is 2.92. The van der Waals surface area contributed by atoms with Crippen LogP contribution < -0.4 is 21.1 Å². The number of rotatable bonds is 6. The van der Waals surface area contributed by atoms with Crippen LogP contribution in [-0.2, 0) is 0 Å². The monoisotopic (exact) mass is 351 g/mol. The first kappa shape index (κ1) is 15.4. The summed E-state index contributed by atoms with van der Waals surface area (Å²) in [5, 5.41) is 6.39. The second-order valence-corrected chi connectivity index (χ2v) is 5.31. The van der Waals surface area contributed by atoms with Gasteiger partial charge in [-0.1, -0.05) is 22.9 Å². The molecule has 0 aliphatic carbocycles. The summed E-state index contributed by atoms with van der Waals surface area (Å²) in [6.07, 6.45) is 1.01. The number of methoxy groups -OCH3 is 1. The van der Waals surface area contributed by atoms with E-state index in [2.05, 4.69) is 43.5 Å². The van der Waals surface area contributed by atoms with E-state index in [4.69, 9.17) is 10.5 Å². The van der Waals surface area contributed by atoms with Crippen molar-refractivity contribution >= 4 is 39.2 Å². The van der Waals surface area contributed by atoms with Gasteiger partial charge >= 0.3 is 0 Å². The fourth-order valence-corrected chi connectivity index (χ4v) is 2.15. The summed E-state index contributed by atoms with van der Waals surface area (Å²) in [5.74, 6) is 2.24. The Bertz CT molecular complexity index is 620. The predicted octanol–water partition coefficient (Wildman–Crippen LogP) is 3.40. The molecule has 7 heteroatoms. The standard InChI is InChI=1S/C14H18BrN5O/c1-3-6-17-12-8-13(20-14(16)19-12)18-10-7-9(15)4-5-11(10)21-2/h4-5,7-8H,3,6H2,1-2H3,(H4,16,17,18,19,20). The molecule has 21 heavy (non-hydrogen) atoms. The lowest BCUT2D eigenvalue weighted by Crippen LogP contribution is -2.07. The van der Waals surface area contributed by atoms with Crippen molar-refractivity contribution in [3.8, 4) is 5.75 Å². The van der Waals surface area contributed by atoms with Crippen molar-refractivity contribution in [1.82, 2.24) is 9.97 Å². The minimum atomic E-state index is 0.215. The summed E-state index contributed by atoms with van der Waals surface area (Å²) in [7, 11) is 1.62. The zero-order valence-electron chi connectivity index (χ0n) is 12.0. The van der Waals surface area contributed by atoms with Crippen LogP contribution in [0.2, 0.25) is 0 Å². The maximum Gasteiger partial charge on any atom is 0.223 e. The molecule has 1 heterocycles. The number of nitrogens with one attached hydrogen (secondary N) is 2. The molecule has 0 aliphatic heterocycles. The van der Waals surface area contributed by atoms with E-state index < -0.39 is 0 Å². The van der Waals surface area contributed by atoms with Gasteiger partial charge in [0.05, 0.1) is 12.8 Å². The van der Waals surface area contributed by atoms with Gasteiger partial charge in [-0.05, 0) is 24.6 Å². The Balaban J connectivity index is 2.26. The second kappa shape index (κ2) is 7.12. The summed E-state index contributed by atoms with van der Waals surface area (Å²) in [4.78, 5) is 8.34. The SMILES string of the molecule is CCCNc1cc(Nc2cc(Br)ccc2OC)nc(N)n1. The predicted molar refractivity (Wildman–Crippen MR) is 89.2 cm³/mol. The van der Waals surface area contributed by atoms with Gasteiger partial charge in [0.15, 0.2) is 0 Å². The van der Waals surface area contributed by atoms with Crippen molar-refractivity contribution in [2.45, 2.75) is 13.3 Å². The topological polar surface area (TPSA) is 85.1 Å². The van der Waals surface area contributed by atoms with Gasteiger partial charge < -0.3 is 21.1 Å². The Hall–Kier alpha value is -2.02. The van der Waals surface area contributed by atoms with Crippen LogP contribution in [0, 0.1) is 0 Å². The lowest BCUT2D eigenvalue weighted by Gasteiger charge is -2.12. The minimum absolute atomic E-state index is 0.215. The van der Waals surface area contributed by atoms with Gasteiger partial charge in [0.2, 0.25) is 5.95 Å². The van der Waals surface area contributed by atoms with Gasteiger partial charge in [-0.2, -0.15) is 9.97 Å². The van der Waals surface area contributed by atoms with E-state index in [-0.39, 0.29) is 5.95 Å². The average molecular weight is 352 g/mol. The first-order valence-electron chi connectivity index (χ1n) is 6.61. The van der Waals surface area contributed by atoms with Crippen LogP contribution in [0.4, 0.5) is 23.3 Å². The molecule has 1 aromatic carbocycles. The van der Waals surface area contributed by atoms with E-state index in [1.165, 1.54) is 0 Å². The maximum atomic E-state index is 5.74. The van der Waals surface area contributed by atoms with E-state index >= 15 is 0 Å².